The van der Waals surface area contributed by atoms with Crippen molar-refractivity contribution in [2.45, 2.75) is 77.9 Å². The van der Waals surface area contributed by atoms with Crippen LogP contribution in [0.3, 0.4) is 0 Å². The van der Waals surface area contributed by atoms with Crippen LogP contribution in [0.15, 0.2) is 30.6 Å². The van der Waals surface area contributed by atoms with E-state index in [9.17, 15) is 9.90 Å². The molecule has 10 heteroatoms. The zero-order valence-corrected chi connectivity index (χ0v) is 24.4. The number of hydrogen-bond donors (Lipinski definition) is 1. The molecule has 0 amide bonds. The number of carboxylic acids is 1. The maximum Gasteiger partial charge on any atom is 0.357 e. The number of carbonyl (C=O) groups is 1. The van der Waals surface area contributed by atoms with E-state index < -0.39 is 22.4 Å². The summed E-state index contributed by atoms with van der Waals surface area (Å²) >= 11 is 0. The molecule has 2 aromatic heterocycles. The Morgan fingerprint density at radius 3 is 2.43 bits per heavy atom. The summed E-state index contributed by atoms with van der Waals surface area (Å²) in [5.41, 5.74) is 2.60. The lowest BCUT2D eigenvalue weighted by Crippen LogP contribution is -2.41. The van der Waals surface area contributed by atoms with Crippen molar-refractivity contribution in [1.29, 1.82) is 0 Å². The SMILES string of the molecule is CC(C)(C)[Si](C)(C)OCCn1cc(-c2ccc3c(c2)c(C(=O)O)nn3COCC[Si](C)(C)C)cn1. The van der Waals surface area contributed by atoms with Crippen molar-refractivity contribution >= 4 is 33.3 Å². The average molecular weight is 517 g/mol. The van der Waals surface area contributed by atoms with E-state index in [1.807, 2.05) is 29.1 Å². The molecule has 192 valence electrons. The van der Waals surface area contributed by atoms with Crippen LogP contribution in [0.25, 0.3) is 22.0 Å². The minimum Gasteiger partial charge on any atom is -0.476 e. The first-order valence-electron chi connectivity index (χ1n) is 12.2. The van der Waals surface area contributed by atoms with Gasteiger partial charge in [0, 0.05) is 31.8 Å². The highest BCUT2D eigenvalue weighted by Gasteiger charge is 2.36. The maximum absolute atomic E-state index is 11.9. The van der Waals surface area contributed by atoms with Crippen LogP contribution in [0.1, 0.15) is 31.3 Å². The topological polar surface area (TPSA) is 91.4 Å². The molecule has 0 bridgehead atoms. The van der Waals surface area contributed by atoms with Crippen LogP contribution in [-0.2, 0) is 22.4 Å². The molecule has 0 aliphatic carbocycles. The molecule has 35 heavy (non-hydrogen) atoms. The Bertz CT molecular complexity index is 1170. The second-order valence-electron chi connectivity index (χ2n) is 11.8. The predicted octanol–water partition coefficient (Wildman–Crippen LogP) is 5.93. The number of rotatable bonds is 11. The van der Waals surface area contributed by atoms with Gasteiger partial charge in [0.2, 0.25) is 0 Å². The lowest BCUT2D eigenvalue weighted by atomic mass is 10.1. The van der Waals surface area contributed by atoms with Gasteiger partial charge in [0.25, 0.3) is 0 Å². The zero-order valence-electron chi connectivity index (χ0n) is 22.4. The van der Waals surface area contributed by atoms with Crippen LogP contribution >= 0.6 is 0 Å². The van der Waals surface area contributed by atoms with Gasteiger partial charge in [-0.1, -0.05) is 46.5 Å². The third kappa shape index (κ3) is 6.90. The Kier molecular flexibility index (Phi) is 8.10. The van der Waals surface area contributed by atoms with E-state index in [2.05, 4.69) is 63.7 Å². The van der Waals surface area contributed by atoms with Gasteiger partial charge in [0.15, 0.2) is 14.0 Å². The van der Waals surface area contributed by atoms with E-state index in [4.69, 9.17) is 9.16 Å². The van der Waals surface area contributed by atoms with Crippen LogP contribution in [0.4, 0.5) is 0 Å². The van der Waals surface area contributed by atoms with E-state index in [1.54, 1.807) is 10.9 Å². The molecule has 0 atom stereocenters. The summed E-state index contributed by atoms with van der Waals surface area (Å²) in [4.78, 5) is 11.9. The Labute approximate surface area is 210 Å². The Balaban J connectivity index is 1.74. The van der Waals surface area contributed by atoms with Gasteiger partial charge in [-0.2, -0.15) is 10.2 Å². The molecule has 0 aliphatic heterocycles. The molecule has 8 nitrogen and oxygen atoms in total. The van der Waals surface area contributed by atoms with Crippen molar-refractivity contribution in [3.05, 3.63) is 36.3 Å². The number of fused-ring (bicyclic) bond motifs is 1. The Morgan fingerprint density at radius 1 is 1.09 bits per heavy atom. The molecule has 0 radical (unpaired) electrons. The first-order valence-corrected chi connectivity index (χ1v) is 18.8. The number of aromatic carboxylic acids is 1. The van der Waals surface area contributed by atoms with Gasteiger partial charge in [-0.05, 0) is 41.9 Å². The van der Waals surface area contributed by atoms with Crippen LogP contribution in [-0.4, -0.2) is 60.2 Å². The fourth-order valence-corrected chi connectivity index (χ4v) is 5.18. The third-order valence-electron chi connectivity index (χ3n) is 6.72. The number of carboxylic acid groups (broad SMARTS) is 1. The van der Waals surface area contributed by atoms with Crippen LogP contribution in [0, 0.1) is 0 Å². The Hall–Kier alpha value is -2.28. The molecule has 0 saturated carbocycles. The van der Waals surface area contributed by atoms with E-state index in [0.717, 1.165) is 22.7 Å². The third-order valence-corrected chi connectivity index (χ3v) is 13.0. The first-order chi connectivity index (χ1) is 16.2. The van der Waals surface area contributed by atoms with E-state index in [1.165, 1.54) is 0 Å². The standard InChI is InChI=1S/C25H40N4O4Si2/c1-25(2,3)35(7,8)33-12-11-28-17-20(16-26-28)19-9-10-22-21(15-19)23(24(30)31)27-29(22)18-32-13-14-34(4,5)6/h9-10,15-17H,11-14,18H2,1-8H3,(H,30,31). The molecular weight excluding hydrogens is 476 g/mol. The molecule has 0 spiro atoms. The van der Waals surface area contributed by atoms with Crippen molar-refractivity contribution in [2.75, 3.05) is 13.2 Å². The summed E-state index contributed by atoms with van der Waals surface area (Å²) in [5.74, 6) is -1.05. The van der Waals surface area contributed by atoms with Crippen molar-refractivity contribution in [3.63, 3.8) is 0 Å². The van der Waals surface area contributed by atoms with Crippen LogP contribution in [0.2, 0.25) is 43.8 Å². The van der Waals surface area contributed by atoms with Crippen molar-refractivity contribution < 1.29 is 19.1 Å². The molecule has 1 N–H and O–H groups in total. The number of hydrogen-bond acceptors (Lipinski definition) is 5. The highest BCUT2D eigenvalue weighted by Crippen LogP contribution is 2.36. The quantitative estimate of drug-likeness (QED) is 0.251. The number of aromatic nitrogens is 4. The predicted molar refractivity (Wildman–Crippen MR) is 145 cm³/mol. The van der Waals surface area contributed by atoms with E-state index in [-0.39, 0.29) is 17.5 Å². The van der Waals surface area contributed by atoms with Crippen molar-refractivity contribution in [3.8, 4) is 11.1 Å². The highest BCUT2D eigenvalue weighted by atomic mass is 28.4. The largest absolute Gasteiger partial charge is 0.476 e. The molecule has 0 saturated heterocycles. The van der Waals surface area contributed by atoms with E-state index in [0.29, 0.717) is 25.1 Å². The summed E-state index contributed by atoms with van der Waals surface area (Å²) in [6.07, 6.45) is 3.78. The summed E-state index contributed by atoms with van der Waals surface area (Å²) < 4.78 is 15.6. The summed E-state index contributed by atoms with van der Waals surface area (Å²) in [6.45, 7) is 20.2. The molecule has 3 aromatic rings. The van der Waals surface area contributed by atoms with Crippen LogP contribution in [0.5, 0.6) is 0 Å². The lowest BCUT2D eigenvalue weighted by Gasteiger charge is -2.36. The fraction of sp³-hybridized carbons (Fsp3) is 0.560. The van der Waals surface area contributed by atoms with Crippen molar-refractivity contribution in [1.82, 2.24) is 19.6 Å². The smallest absolute Gasteiger partial charge is 0.357 e. The minimum atomic E-state index is -1.80. The zero-order chi connectivity index (χ0) is 26.0. The summed E-state index contributed by atoms with van der Waals surface area (Å²) in [7, 11) is -2.99. The van der Waals surface area contributed by atoms with Gasteiger partial charge in [-0.3, -0.25) is 4.68 Å². The van der Waals surface area contributed by atoms with Gasteiger partial charge in [0.1, 0.15) is 6.73 Å². The Morgan fingerprint density at radius 2 is 1.80 bits per heavy atom. The monoisotopic (exact) mass is 516 g/mol. The normalized spacial score (nSPS) is 13.0. The summed E-state index contributed by atoms with van der Waals surface area (Å²) in [6, 6.07) is 6.80. The molecule has 2 heterocycles. The molecule has 1 aromatic carbocycles. The summed E-state index contributed by atoms with van der Waals surface area (Å²) in [5, 5.41) is 19.3. The second kappa shape index (κ2) is 10.4. The number of benzene rings is 1. The van der Waals surface area contributed by atoms with Crippen molar-refractivity contribution in [2.24, 2.45) is 0 Å². The molecule has 0 unspecified atom stereocenters. The highest BCUT2D eigenvalue weighted by molar-refractivity contribution is 6.76. The fourth-order valence-electron chi connectivity index (χ4n) is 3.39. The second-order valence-corrected chi connectivity index (χ2v) is 22.3. The molecular formula is C25H40N4O4Si2. The van der Waals surface area contributed by atoms with Gasteiger partial charge in [0.05, 0.1) is 24.9 Å². The van der Waals surface area contributed by atoms with Crippen LogP contribution < -0.4 is 0 Å². The maximum atomic E-state index is 11.9. The van der Waals surface area contributed by atoms with Gasteiger partial charge in [-0.15, -0.1) is 0 Å². The van der Waals surface area contributed by atoms with Gasteiger partial charge in [-0.25, -0.2) is 9.48 Å². The van der Waals surface area contributed by atoms with Gasteiger partial charge < -0.3 is 14.3 Å². The first kappa shape index (κ1) is 27.3. The lowest BCUT2D eigenvalue weighted by molar-refractivity contribution is 0.0676. The average Bonchev–Trinajstić information content (AvgIpc) is 3.34. The minimum absolute atomic E-state index is 0.0332. The molecule has 3 rings (SSSR count). The van der Waals surface area contributed by atoms with Gasteiger partial charge >= 0.3 is 5.97 Å². The van der Waals surface area contributed by atoms with E-state index >= 15 is 0 Å². The molecule has 0 aliphatic rings. The number of ether oxygens (including phenoxy) is 1. The molecule has 0 fully saturated rings. The number of nitrogens with zero attached hydrogens (tertiary/aromatic N) is 4.